The lowest BCUT2D eigenvalue weighted by Crippen LogP contribution is -2.21. The molecule has 0 aliphatic rings. The summed E-state index contributed by atoms with van der Waals surface area (Å²) in [6.07, 6.45) is 0. The van der Waals surface area contributed by atoms with Crippen LogP contribution in [0.5, 0.6) is 0 Å². The van der Waals surface area contributed by atoms with Crippen LogP contribution in [0.15, 0.2) is 54.6 Å². The van der Waals surface area contributed by atoms with Gasteiger partial charge in [0.25, 0.3) is 11.6 Å². The molecule has 0 unspecified atom stereocenters. The Kier molecular flexibility index (Phi) is 5.07. The fourth-order valence-electron chi connectivity index (χ4n) is 2.47. The van der Waals surface area contributed by atoms with Gasteiger partial charge in [-0.25, -0.2) is 9.78 Å². The summed E-state index contributed by atoms with van der Waals surface area (Å²) in [6, 6.07) is 14.9. The van der Waals surface area contributed by atoms with E-state index < -0.39 is 23.4 Å². The molecular weight excluding hydrogens is 350 g/mol. The van der Waals surface area contributed by atoms with Gasteiger partial charge < -0.3 is 10.1 Å². The van der Waals surface area contributed by atoms with E-state index in [2.05, 4.69) is 10.3 Å². The normalized spacial score (nSPS) is 10.4. The number of hydrogen-bond donors (Lipinski definition) is 1. The minimum atomic E-state index is -0.731. The van der Waals surface area contributed by atoms with Crippen LogP contribution in [0.1, 0.15) is 16.1 Å². The van der Waals surface area contributed by atoms with Crippen molar-refractivity contribution in [2.45, 2.75) is 6.92 Å². The zero-order chi connectivity index (χ0) is 19.4. The third kappa shape index (κ3) is 4.24. The average molecular weight is 365 g/mol. The third-order valence-corrected chi connectivity index (χ3v) is 3.83. The van der Waals surface area contributed by atoms with Gasteiger partial charge >= 0.3 is 5.97 Å². The van der Waals surface area contributed by atoms with Gasteiger partial charge in [0.15, 0.2) is 6.61 Å². The molecular formula is C19H15N3O5. The zero-order valence-corrected chi connectivity index (χ0v) is 14.3. The van der Waals surface area contributed by atoms with Crippen molar-refractivity contribution >= 4 is 34.2 Å². The van der Waals surface area contributed by atoms with E-state index in [0.717, 1.165) is 5.39 Å². The standard InChI is InChI=1S/C19H15N3O5/c1-12-6-8-14(10-17(12)22(25)26)20-18(23)11-27-19(24)16-9-7-13-4-2-3-5-15(13)21-16/h2-10H,11H2,1H3,(H,20,23). The van der Waals surface area contributed by atoms with Gasteiger partial charge in [0.1, 0.15) is 5.69 Å². The number of nitrogens with one attached hydrogen (secondary N) is 1. The molecule has 27 heavy (non-hydrogen) atoms. The number of rotatable bonds is 5. The summed E-state index contributed by atoms with van der Waals surface area (Å²) in [5.74, 6) is -1.34. The van der Waals surface area contributed by atoms with E-state index in [1.165, 1.54) is 24.3 Å². The van der Waals surface area contributed by atoms with Crippen molar-refractivity contribution < 1.29 is 19.2 Å². The fourth-order valence-corrected chi connectivity index (χ4v) is 2.47. The number of anilines is 1. The summed E-state index contributed by atoms with van der Waals surface area (Å²) >= 11 is 0. The number of esters is 1. The van der Waals surface area contributed by atoms with Gasteiger partial charge in [-0.05, 0) is 25.1 Å². The average Bonchev–Trinajstić information content (AvgIpc) is 2.67. The Morgan fingerprint density at radius 2 is 1.93 bits per heavy atom. The van der Waals surface area contributed by atoms with Crippen molar-refractivity contribution in [3.8, 4) is 0 Å². The smallest absolute Gasteiger partial charge is 0.357 e. The van der Waals surface area contributed by atoms with E-state index in [4.69, 9.17) is 4.74 Å². The van der Waals surface area contributed by atoms with E-state index in [1.807, 2.05) is 12.1 Å². The number of hydrogen-bond acceptors (Lipinski definition) is 6. The van der Waals surface area contributed by atoms with Crippen LogP contribution in [0.3, 0.4) is 0 Å². The second-order valence-electron chi connectivity index (χ2n) is 5.77. The van der Waals surface area contributed by atoms with Gasteiger partial charge in [0, 0.05) is 22.7 Å². The van der Waals surface area contributed by atoms with Crippen molar-refractivity contribution in [2.24, 2.45) is 0 Å². The molecule has 0 aliphatic carbocycles. The monoisotopic (exact) mass is 365 g/mol. The molecule has 0 saturated heterocycles. The Balaban J connectivity index is 1.62. The van der Waals surface area contributed by atoms with E-state index in [-0.39, 0.29) is 17.1 Å². The summed E-state index contributed by atoms with van der Waals surface area (Å²) in [7, 11) is 0. The highest BCUT2D eigenvalue weighted by Crippen LogP contribution is 2.22. The quantitative estimate of drug-likeness (QED) is 0.422. The molecule has 3 aromatic rings. The first-order valence-corrected chi connectivity index (χ1v) is 8.02. The number of amides is 1. The molecule has 0 fully saturated rings. The van der Waals surface area contributed by atoms with Gasteiger partial charge in [-0.1, -0.05) is 30.3 Å². The van der Waals surface area contributed by atoms with Crippen LogP contribution in [0.2, 0.25) is 0 Å². The molecule has 0 saturated carbocycles. The number of carbonyl (C=O) groups excluding carboxylic acids is 2. The number of nitrogens with zero attached hydrogens (tertiary/aromatic N) is 2. The van der Waals surface area contributed by atoms with Crippen LogP contribution in [0, 0.1) is 17.0 Å². The molecule has 3 rings (SSSR count). The lowest BCUT2D eigenvalue weighted by Gasteiger charge is -2.07. The summed E-state index contributed by atoms with van der Waals surface area (Å²) in [4.78, 5) is 38.6. The molecule has 0 spiro atoms. The highest BCUT2D eigenvalue weighted by molar-refractivity contribution is 5.96. The first kappa shape index (κ1) is 18.0. The number of nitro benzene ring substituents is 1. The van der Waals surface area contributed by atoms with Crippen molar-refractivity contribution in [3.63, 3.8) is 0 Å². The van der Waals surface area contributed by atoms with E-state index in [9.17, 15) is 19.7 Å². The molecule has 136 valence electrons. The Labute approximate surface area is 153 Å². The van der Waals surface area contributed by atoms with Crippen LogP contribution in [-0.2, 0) is 9.53 Å². The maximum absolute atomic E-state index is 12.1. The predicted octanol–water partition coefficient (Wildman–Crippen LogP) is 3.25. The number of aryl methyl sites for hydroxylation is 1. The van der Waals surface area contributed by atoms with Gasteiger partial charge in [-0.3, -0.25) is 14.9 Å². The second-order valence-corrected chi connectivity index (χ2v) is 5.77. The highest BCUT2D eigenvalue weighted by atomic mass is 16.6. The van der Waals surface area contributed by atoms with Crippen molar-refractivity contribution in [1.29, 1.82) is 0 Å². The van der Waals surface area contributed by atoms with E-state index in [1.54, 1.807) is 25.1 Å². The molecule has 0 aliphatic heterocycles. The third-order valence-electron chi connectivity index (χ3n) is 3.83. The minimum Gasteiger partial charge on any atom is -0.451 e. The Hall–Kier alpha value is -3.81. The van der Waals surface area contributed by atoms with Crippen molar-refractivity contribution in [1.82, 2.24) is 4.98 Å². The van der Waals surface area contributed by atoms with E-state index in [0.29, 0.717) is 11.1 Å². The minimum absolute atomic E-state index is 0.0903. The SMILES string of the molecule is Cc1ccc(NC(=O)COC(=O)c2ccc3ccccc3n2)cc1[N+](=O)[O-]. The topological polar surface area (TPSA) is 111 Å². The summed E-state index contributed by atoms with van der Waals surface area (Å²) in [5, 5.41) is 14.3. The fraction of sp³-hybridized carbons (Fsp3) is 0.105. The van der Waals surface area contributed by atoms with Crippen LogP contribution >= 0.6 is 0 Å². The highest BCUT2D eigenvalue weighted by Gasteiger charge is 2.15. The zero-order valence-electron chi connectivity index (χ0n) is 14.3. The van der Waals surface area contributed by atoms with Crippen molar-refractivity contribution in [3.05, 3.63) is 76.0 Å². The van der Waals surface area contributed by atoms with Gasteiger partial charge in [0.05, 0.1) is 10.4 Å². The number of nitro groups is 1. The number of benzene rings is 2. The number of para-hydroxylation sites is 1. The Morgan fingerprint density at radius 3 is 2.70 bits per heavy atom. The van der Waals surface area contributed by atoms with Gasteiger partial charge in [0.2, 0.25) is 0 Å². The van der Waals surface area contributed by atoms with Gasteiger partial charge in [-0.15, -0.1) is 0 Å². The number of carbonyl (C=O) groups is 2. The second kappa shape index (κ2) is 7.61. The molecule has 1 N–H and O–H groups in total. The molecule has 2 aromatic carbocycles. The van der Waals surface area contributed by atoms with Gasteiger partial charge in [-0.2, -0.15) is 0 Å². The number of fused-ring (bicyclic) bond motifs is 1. The lowest BCUT2D eigenvalue weighted by atomic mass is 10.2. The molecule has 1 amide bonds. The molecule has 0 atom stereocenters. The van der Waals surface area contributed by atoms with Crippen molar-refractivity contribution in [2.75, 3.05) is 11.9 Å². The van der Waals surface area contributed by atoms with Crippen LogP contribution in [0.4, 0.5) is 11.4 Å². The first-order chi connectivity index (χ1) is 12.9. The lowest BCUT2D eigenvalue weighted by molar-refractivity contribution is -0.385. The summed E-state index contributed by atoms with van der Waals surface area (Å²) in [6.45, 7) is 1.07. The molecule has 8 nitrogen and oxygen atoms in total. The summed E-state index contributed by atoms with van der Waals surface area (Å²) in [5.41, 5.74) is 1.35. The number of pyridine rings is 1. The molecule has 8 heteroatoms. The molecule has 1 heterocycles. The molecule has 0 radical (unpaired) electrons. The largest absolute Gasteiger partial charge is 0.451 e. The van der Waals surface area contributed by atoms with Crippen LogP contribution in [-0.4, -0.2) is 28.4 Å². The maximum Gasteiger partial charge on any atom is 0.357 e. The Bertz CT molecular complexity index is 1050. The predicted molar refractivity (Wildman–Crippen MR) is 98.5 cm³/mol. The first-order valence-electron chi connectivity index (χ1n) is 8.02. The number of ether oxygens (including phenoxy) is 1. The Morgan fingerprint density at radius 1 is 1.15 bits per heavy atom. The molecule has 0 bridgehead atoms. The number of aromatic nitrogens is 1. The summed E-state index contributed by atoms with van der Waals surface area (Å²) < 4.78 is 4.97. The molecule has 1 aromatic heterocycles. The van der Waals surface area contributed by atoms with Crippen LogP contribution in [0.25, 0.3) is 10.9 Å². The maximum atomic E-state index is 12.1. The van der Waals surface area contributed by atoms with Crippen LogP contribution < -0.4 is 5.32 Å². The van der Waals surface area contributed by atoms with E-state index >= 15 is 0 Å².